The van der Waals surface area contributed by atoms with Gasteiger partial charge >= 0.3 is 39.5 Å². The highest BCUT2D eigenvalue weighted by atomic mass is 31.2. The molecule has 0 aromatic rings. The summed E-state index contributed by atoms with van der Waals surface area (Å²) in [4.78, 5) is 72.6. The van der Waals surface area contributed by atoms with E-state index in [2.05, 4.69) is 55.4 Å². The summed E-state index contributed by atoms with van der Waals surface area (Å²) in [6, 6.07) is 0. The van der Waals surface area contributed by atoms with Gasteiger partial charge in [0.25, 0.3) is 0 Å². The van der Waals surface area contributed by atoms with Gasteiger partial charge in [-0.2, -0.15) is 0 Å². The summed E-state index contributed by atoms with van der Waals surface area (Å²) >= 11 is 0. The Hall–Kier alpha value is -1.94. The molecule has 540 valence electrons. The number of phosphoric acid groups is 2. The van der Waals surface area contributed by atoms with Crippen molar-refractivity contribution in [2.75, 3.05) is 39.6 Å². The van der Waals surface area contributed by atoms with Gasteiger partial charge in [-0.05, 0) is 49.4 Å². The van der Waals surface area contributed by atoms with Crippen molar-refractivity contribution in [3.63, 3.8) is 0 Å². The molecular formula is C72H140O17P2. The lowest BCUT2D eigenvalue weighted by Gasteiger charge is -2.21. The van der Waals surface area contributed by atoms with E-state index in [4.69, 9.17) is 37.0 Å². The minimum absolute atomic E-state index is 0.105. The summed E-state index contributed by atoms with van der Waals surface area (Å²) in [7, 11) is -9.91. The first-order valence-electron chi connectivity index (χ1n) is 37.2. The van der Waals surface area contributed by atoms with Crippen LogP contribution in [0.4, 0.5) is 0 Å². The third kappa shape index (κ3) is 66.5. The Bertz CT molecular complexity index is 1800. The topological polar surface area (TPSA) is 237 Å². The van der Waals surface area contributed by atoms with Gasteiger partial charge in [0.2, 0.25) is 0 Å². The number of ether oxygens (including phenoxy) is 4. The van der Waals surface area contributed by atoms with Crippen molar-refractivity contribution in [1.29, 1.82) is 0 Å². The molecule has 0 heterocycles. The van der Waals surface area contributed by atoms with E-state index in [-0.39, 0.29) is 25.7 Å². The monoisotopic (exact) mass is 1340 g/mol. The highest BCUT2D eigenvalue weighted by Gasteiger charge is 2.30. The molecule has 0 amide bonds. The van der Waals surface area contributed by atoms with Crippen molar-refractivity contribution in [2.24, 2.45) is 23.7 Å². The molecule has 0 radical (unpaired) electrons. The van der Waals surface area contributed by atoms with E-state index in [1.165, 1.54) is 154 Å². The third-order valence-corrected chi connectivity index (χ3v) is 18.5. The van der Waals surface area contributed by atoms with E-state index < -0.39 is 97.5 Å². The number of esters is 4. The van der Waals surface area contributed by atoms with Crippen LogP contribution in [-0.4, -0.2) is 96.7 Å². The van der Waals surface area contributed by atoms with Crippen molar-refractivity contribution in [2.45, 2.75) is 375 Å². The third-order valence-electron chi connectivity index (χ3n) is 16.6. The second-order valence-corrected chi connectivity index (χ2v) is 30.8. The molecule has 5 atom stereocenters. The maximum absolute atomic E-state index is 13.0. The quantitative estimate of drug-likeness (QED) is 0.0222. The normalized spacial score (nSPS) is 14.2. The highest BCUT2D eigenvalue weighted by Crippen LogP contribution is 2.45. The summed E-state index contributed by atoms with van der Waals surface area (Å²) in [5.41, 5.74) is 0. The number of carbonyl (C=O) groups excluding carboxylic acids is 4. The van der Waals surface area contributed by atoms with Gasteiger partial charge in [-0.15, -0.1) is 0 Å². The molecule has 0 aliphatic heterocycles. The molecule has 2 unspecified atom stereocenters. The summed E-state index contributed by atoms with van der Waals surface area (Å²) in [6.45, 7) is 14.1. The van der Waals surface area contributed by atoms with Crippen molar-refractivity contribution in [3.8, 4) is 0 Å². The first-order chi connectivity index (χ1) is 43.6. The fraction of sp³-hybridized carbons (Fsp3) is 0.944. The first-order valence-corrected chi connectivity index (χ1v) is 40.2. The predicted octanol–water partition coefficient (Wildman–Crippen LogP) is 20.5. The average Bonchev–Trinajstić information content (AvgIpc) is 2.01. The van der Waals surface area contributed by atoms with Crippen LogP contribution < -0.4 is 0 Å². The SMILES string of the molecule is CC(C)CCCCCCCCCCCCCCC(=O)O[C@H](COC(=O)CCCCCCCCCCCC(C)C)COP(=O)(O)OC[C@@H](O)COP(=O)(O)OC[C@@H](COC(=O)CCCCCCCCC(C)C)OC(=O)CCCCCCCCCCCCCCC(C)C. The molecule has 0 aromatic carbocycles. The Morgan fingerprint density at radius 3 is 0.681 bits per heavy atom. The minimum Gasteiger partial charge on any atom is -0.462 e. The molecule has 17 nitrogen and oxygen atoms in total. The Morgan fingerprint density at radius 2 is 0.462 bits per heavy atom. The van der Waals surface area contributed by atoms with Crippen molar-refractivity contribution >= 4 is 39.5 Å². The molecular weight excluding hydrogens is 1200 g/mol. The maximum atomic E-state index is 13.0. The molecule has 0 spiro atoms. The summed E-state index contributed by atoms with van der Waals surface area (Å²) < 4.78 is 68.3. The van der Waals surface area contributed by atoms with Gasteiger partial charge in [0.1, 0.15) is 19.3 Å². The number of rotatable bonds is 69. The van der Waals surface area contributed by atoms with Crippen LogP contribution in [0.2, 0.25) is 0 Å². The minimum atomic E-state index is -4.95. The van der Waals surface area contributed by atoms with Crippen molar-refractivity contribution in [3.05, 3.63) is 0 Å². The number of hydrogen-bond donors (Lipinski definition) is 3. The van der Waals surface area contributed by atoms with E-state index >= 15 is 0 Å². The second kappa shape index (κ2) is 61.6. The van der Waals surface area contributed by atoms with Gasteiger partial charge in [-0.1, -0.05) is 306 Å². The zero-order chi connectivity index (χ0) is 67.5. The fourth-order valence-electron chi connectivity index (χ4n) is 10.8. The summed E-state index contributed by atoms with van der Waals surface area (Å²) in [6.07, 6.45) is 44.5. The zero-order valence-electron chi connectivity index (χ0n) is 59.5. The van der Waals surface area contributed by atoms with Crippen LogP contribution in [0, 0.1) is 23.7 Å². The number of aliphatic hydroxyl groups is 1. The van der Waals surface area contributed by atoms with Crippen LogP contribution in [0.1, 0.15) is 357 Å². The van der Waals surface area contributed by atoms with E-state index in [1.807, 2.05) is 0 Å². The van der Waals surface area contributed by atoms with E-state index in [0.717, 1.165) is 114 Å². The molecule has 3 N–H and O–H groups in total. The Morgan fingerprint density at radius 1 is 0.275 bits per heavy atom. The Kier molecular flexibility index (Phi) is 60.3. The number of carbonyl (C=O) groups is 4. The van der Waals surface area contributed by atoms with Crippen LogP contribution in [0.15, 0.2) is 0 Å². The molecule has 0 fully saturated rings. The van der Waals surface area contributed by atoms with E-state index in [9.17, 15) is 43.2 Å². The van der Waals surface area contributed by atoms with Crippen LogP contribution in [0.25, 0.3) is 0 Å². The first kappa shape index (κ1) is 89.1. The van der Waals surface area contributed by atoms with Crippen LogP contribution >= 0.6 is 15.6 Å². The highest BCUT2D eigenvalue weighted by molar-refractivity contribution is 7.47. The number of unbranched alkanes of at least 4 members (excludes halogenated alkanes) is 35. The van der Waals surface area contributed by atoms with Gasteiger partial charge in [0, 0.05) is 25.7 Å². The molecule has 0 rings (SSSR count). The lowest BCUT2D eigenvalue weighted by molar-refractivity contribution is -0.161. The molecule has 0 bridgehead atoms. The zero-order valence-corrected chi connectivity index (χ0v) is 61.3. The van der Waals surface area contributed by atoms with Gasteiger partial charge in [0.05, 0.1) is 26.4 Å². The summed E-state index contributed by atoms with van der Waals surface area (Å²) in [5, 5.41) is 10.6. The largest absolute Gasteiger partial charge is 0.472 e. The standard InChI is InChI=1S/C72H140O17P2/c1-62(2)48-40-32-24-18-13-9-11-15-21-28-38-46-54-71(76)88-67(58-82-69(74)52-44-36-27-23-17-20-26-34-42-50-64(5)6)60-86-90(78,79)84-56-66(73)57-85-91(80,81)87-61-68(59-83-70(75)53-45-37-31-30-35-43-51-65(7)8)89-72(77)55-47-39-29-22-16-12-10-14-19-25-33-41-49-63(3)4/h62-68,73H,9-61H2,1-8H3,(H,78,79)(H,80,81)/t66-,67-,68-/m1/s1. The number of hydrogen-bond acceptors (Lipinski definition) is 15. The van der Waals surface area contributed by atoms with Gasteiger partial charge in [0.15, 0.2) is 12.2 Å². The van der Waals surface area contributed by atoms with E-state index in [0.29, 0.717) is 31.6 Å². The van der Waals surface area contributed by atoms with Gasteiger partial charge < -0.3 is 33.8 Å². The Balaban J connectivity index is 5.24. The average molecular weight is 1340 g/mol. The molecule has 0 saturated carbocycles. The molecule has 0 aliphatic carbocycles. The predicted molar refractivity (Wildman–Crippen MR) is 367 cm³/mol. The molecule has 0 saturated heterocycles. The molecule has 91 heavy (non-hydrogen) atoms. The van der Waals surface area contributed by atoms with Crippen LogP contribution in [0.3, 0.4) is 0 Å². The molecule has 19 heteroatoms. The van der Waals surface area contributed by atoms with Crippen LogP contribution in [-0.2, 0) is 65.4 Å². The second-order valence-electron chi connectivity index (χ2n) is 27.9. The molecule has 0 aliphatic rings. The van der Waals surface area contributed by atoms with Gasteiger partial charge in [-0.3, -0.25) is 37.3 Å². The number of aliphatic hydroxyl groups excluding tert-OH is 1. The molecule has 0 aromatic heterocycles. The number of phosphoric ester groups is 2. The lowest BCUT2D eigenvalue weighted by atomic mass is 10.0. The maximum Gasteiger partial charge on any atom is 0.472 e. The fourth-order valence-corrected chi connectivity index (χ4v) is 12.4. The summed E-state index contributed by atoms with van der Waals surface area (Å²) in [5.74, 6) is 0.849. The van der Waals surface area contributed by atoms with Crippen molar-refractivity contribution < 1.29 is 80.2 Å². The van der Waals surface area contributed by atoms with Gasteiger partial charge in [-0.25, -0.2) is 9.13 Å². The van der Waals surface area contributed by atoms with E-state index in [1.54, 1.807) is 0 Å². The van der Waals surface area contributed by atoms with Crippen LogP contribution in [0.5, 0.6) is 0 Å². The Labute approximate surface area is 556 Å². The lowest BCUT2D eigenvalue weighted by Crippen LogP contribution is -2.30. The van der Waals surface area contributed by atoms with Crippen molar-refractivity contribution in [1.82, 2.24) is 0 Å². The smallest absolute Gasteiger partial charge is 0.462 e.